The molecular weight excluding hydrogens is 362 g/mol. The molecule has 1 aliphatic rings. The van der Waals surface area contributed by atoms with Crippen molar-refractivity contribution in [3.8, 4) is 0 Å². The number of halogens is 1. The van der Waals surface area contributed by atoms with Crippen LogP contribution in [0.15, 0.2) is 21.6 Å². The number of aliphatic imine (C=N–C) groups is 1. The summed E-state index contributed by atoms with van der Waals surface area (Å²) in [5.74, 6) is -1.17. The Morgan fingerprint density at radius 2 is 2.04 bits per heavy atom. The van der Waals surface area contributed by atoms with E-state index in [1.165, 1.54) is 0 Å². The van der Waals surface area contributed by atoms with Crippen molar-refractivity contribution in [1.29, 1.82) is 0 Å². The van der Waals surface area contributed by atoms with Crippen LogP contribution in [-0.2, 0) is 9.59 Å². The van der Waals surface area contributed by atoms with E-state index >= 15 is 0 Å². The molecule has 1 aromatic carbocycles. The van der Waals surface area contributed by atoms with E-state index in [-0.39, 0.29) is 18.2 Å². The zero-order valence-electron chi connectivity index (χ0n) is 13.2. The van der Waals surface area contributed by atoms with Crippen LogP contribution >= 0.6 is 15.9 Å². The number of nitrogens with one attached hydrogen (secondary N) is 2. The van der Waals surface area contributed by atoms with Crippen LogP contribution in [0.2, 0.25) is 0 Å². The van der Waals surface area contributed by atoms with Crippen LogP contribution in [-0.4, -0.2) is 29.5 Å². The fourth-order valence-electron chi connectivity index (χ4n) is 2.35. The van der Waals surface area contributed by atoms with E-state index < -0.39 is 11.9 Å². The minimum absolute atomic E-state index is 0.216. The lowest BCUT2D eigenvalue weighted by molar-refractivity contribution is -0.134. The highest BCUT2D eigenvalue weighted by Gasteiger charge is 2.28. The molecule has 1 unspecified atom stereocenters. The Morgan fingerprint density at radius 1 is 1.35 bits per heavy atom. The highest BCUT2D eigenvalue weighted by Crippen LogP contribution is 2.29. The van der Waals surface area contributed by atoms with Gasteiger partial charge in [-0.1, -0.05) is 15.9 Å². The quantitative estimate of drug-likeness (QED) is 0.624. The molecule has 1 saturated heterocycles. The van der Waals surface area contributed by atoms with Gasteiger partial charge in [0.05, 0.1) is 11.3 Å². The molecule has 1 aromatic rings. The molecule has 1 atom stereocenters. The molecule has 7 heteroatoms. The van der Waals surface area contributed by atoms with E-state index in [2.05, 4.69) is 31.6 Å². The van der Waals surface area contributed by atoms with E-state index in [0.29, 0.717) is 17.7 Å². The van der Waals surface area contributed by atoms with Gasteiger partial charge in [0.2, 0.25) is 11.8 Å². The molecule has 1 fully saturated rings. The lowest BCUT2D eigenvalue weighted by Gasteiger charge is -2.22. The molecule has 23 heavy (non-hydrogen) atoms. The summed E-state index contributed by atoms with van der Waals surface area (Å²) in [5, 5.41) is 4.91. The van der Waals surface area contributed by atoms with Crippen molar-refractivity contribution >= 4 is 45.1 Å². The summed E-state index contributed by atoms with van der Waals surface area (Å²) >= 11 is 3.37. The first-order valence-electron chi connectivity index (χ1n) is 7.24. The van der Waals surface area contributed by atoms with E-state index in [9.17, 15) is 14.4 Å². The van der Waals surface area contributed by atoms with Gasteiger partial charge in [0.15, 0.2) is 0 Å². The first-order valence-corrected chi connectivity index (χ1v) is 8.04. The molecule has 1 heterocycles. The third-order valence-corrected chi connectivity index (χ3v) is 3.85. The number of amides is 3. The van der Waals surface area contributed by atoms with Gasteiger partial charge >= 0.3 is 0 Å². The number of carbonyl (C=O) groups excluding carboxylic acids is 3. The molecule has 3 amide bonds. The Morgan fingerprint density at radius 3 is 2.65 bits per heavy atom. The van der Waals surface area contributed by atoms with E-state index in [0.717, 1.165) is 15.7 Å². The van der Waals surface area contributed by atoms with Crippen molar-refractivity contribution in [1.82, 2.24) is 10.6 Å². The molecule has 0 radical (unpaired) electrons. The van der Waals surface area contributed by atoms with Crippen molar-refractivity contribution in [3.63, 3.8) is 0 Å². The topological polar surface area (TPSA) is 87.6 Å². The maximum Gasteiger partial charge on any atom is 0.254 e. The highest BCUT2D eigenvalue weighted by molar-refractivity contribution is 9.10. The third kappa shape index (κ3) is 4.25. The van der Waals surface area contributed by atoms with Crippen LogP contribution < -0.4 is 10.6 Å². The normalized spacial score (nSPS) is 17.5. The summed E-state index contributed by atoms with van der Waals surface area (Å²) in [6.07, 6.45) is 0.516. The van der Waals surface area contributed by atoms with Gasteiger partial charge in [-0.2, -0.15) is 0 Å². The Balaban J connectivity index is 2.30. The van der Waals surface area contributed by atoms with Gasteiger partial charge in [-0.05, 0) is 44.9 Å². The Kier molecular flexibility index (Phi) is 5.30. The van der Waals surface area contributed by atoms with Crippen molar-refractivity contribution < 1.29 is 14.4 Å². The van der Waals surface area contributed by atoms with Gasteiger partial charge in [0, 0.05) is 16.6 Å². The van der Waals surface area contributed by atoms with Crippen molar-refractivity contribution in [2.24, 2.45) is 4.99 Å². The predicted molar refractivity (Wildman–Crippen MR) is 91.0 cm³/mol. The summed E-state index contributed by atoms with van der Waals surface area (Å²) in [6, 6.07) is 2.85. The van der Waals surface area contributed by atoms with E-state index in [1.54, 1.807) is 6.07 Å². The molecule has 0 aliphatic carbocycles. The first-order chi connectivity index (χ1) is 10.8. The molecule has 0 bridgehead atoms. The van der Waals surface area contributed by atoms with Crippen LogP contribution in [0.25, 0.3) is 0 Å². The fraction of sp³-hybridized carbons (Fsp3) is 0.375. The van der Waals surface area contributed by atoms with Crippen LogP contribution in [0.1, 0.15) is 42.6 Å². The largest absolute Gasteiger partial charge is 0.340 e. The van der Waals surface area contributed by atoms with Gasteiger partial charge in [0.25, 0.3) is 5.91 Å². The molecule has 0 aromatic heterocycles. The number of aryl methyl sites for hydroxylation is 1. The second kappa shape index (κ2) is 7.04. The molecule has 6 nitrogen and oxygen atoms in total. The maximum absolute atomic E-state index is 12.6. The monoisotopic (exact) mass is 379 g/mol. The minimum atomic E-state index is -0.709. The standard InChI is InChI=1S/C16H18BrN3O3/c1-8(2)18-14-9(3)6-10(17)7-11(14)15(22)19-12-4-5-13(21)20-16(12)23/h6-7,12H,4-5H2,1-3H3,(H,19,22)(H,20,21,23). The highest BCUT2D eigenvalue weighted by atomic mass is 79.9. The second-order valence-corrected chi connectivity index (χ2v) is 6.57. The zero-order chi connectivity index (χ0) is 17.1. The summed E-state index contributed by atoms with van der Waals surface area (Å²) < 4.78 is 0.760. The Hall–Kier alpha value is -2.02. The Labute approximate surface area is 142 Å². The maximum atomic E-state index is 12.6. The lowest BCUT2D eigenvalue weighted by atomic mass is 10.0. The van der Waals surface area contributed by atoms with Crippen LogP contribution in [0.3, 0.4) is 0 Å². The van der Waals surface area contributed by atoms with Crippen molar-refractivity contribution in [2.45, 2.75) is 39.7 Å². The molecule has 2 rings (SSSR count). The SMILES string of the molecule is CC(C)=Nc1c(C)cc(Br)cc1C(=O)NC1CCC(=O)NC1=O. The van der Waals surface area contributed by atoms with Gasteiger partial charge in [-0.3, -0.25) is 24.7 Å². The Bertz CT molecular complexity index is 709. The molecule has 0 spiro atoms. The van der Waals surface area contributed by atoms with E-state index in [1.807, 2.05) is 26.8 Å². The number of nitrogens with zero attached hydrogens (tertiary/aromatic N) is 1. The summed E-state index contributed by atoms with van der Waals surface area (Å²) in [7, 11) is 0. The number of rotatable bonds is 3. The molecule has 1 aliphatic heterocycles. The van der Waals surface area contributed by atoms with Gasteiger partial charge < -0.3 is 5.32 Å². The van der Waals surface area contributed by atoms with Crippen molar-refractivity contribution in [2.75, 3.05) is 0 Å². The fourth-order valence-corrected chi connectivity index (χ4v) is 2.92. The molecule has 0 saturated carbocycles. The first kappa shape index (κ1) is 17.3. The molecule has 2 N–H and O–H groups in total. The third-order valence-electron chi connectivity index (χ3n) is 3.39. The van der Waals surface area contributed by atoms with Crippen LogP contribution in [0.4, 0.5) is 5.69 Å². The summed E-state index contributed by atoms with van der Waals surface area (Å²) in [6.45, 7) is 5.57. The van der Waals surface area contributed by atoms with Crippen LogP contribution in [0.5, 0.6) is 0 Å². The zero-order valence-corrected chi connectivity index (χ0v) is 14.8. The van der Waals surface area contributed by atoms with Gasteiger partial charge in [-0.15, -0.1) is 0 Å². The smallest absolute Gasteiger partial charge is 0.254 e. The number of hydrogen-bond acceptors (Lipinski definition) is 4. The number of piperidine rings is 1. The summed E-state index contributed by atoms with van der Waals surface area (Å²) in [4.78, 5) is 40.0. The summed E-state index contributed by atoms with van der Waals surface area (Å²) in [5.41, 5.74) is 2.65. The molecular formula is C16H18BrN3O3. The minimum Gasteiger partial charge on any atom is -0.340 e. The van der Waals surface area contributed by atoms with Gasteiger partial charge in [0.1, 0.15) is 6.04 Å². The average Bonchev–Trinajstić information content (AvgIpc) is 2.44. The number of hydrogen-bond donors (Lipinski definition) is 2. The van der Waals surface area contributed by atoms with E-state index in [4.69, 9.17) is 0 Å². The van der Waals surface area contributed by atoms with Gasteiger partial charge in [-0.25, -0.2) is 0 Å². The average molecular weight is 380 g/mol. The predicted octanol–water partition coefficient (Wildman–Crippen LogP) is 2.40. The van der Waals surface area contributed by atoms with Crippen molar-refractivity contribution in [3.05, 3.63) is 27.7 Å². The number of benzene rings is 1. The van der Waals surface area contributed by atoms with Crippen LogP contribution in [0, 0.1) is 6.92 Å². The molecule has 122 valence electrons. The second-order valence-electron chi connectivity index (χ2n) is 5.66. The number of imide groups is 1. The number of carbonyl (C=O) groups is 3. The lowest BCUT2D eigenvalue weighted by Crippen LogP contribution is -2.52.